The van der Waals surface area contributed by atoms with Crippen LogP contribution in [-0.2, 0) is 6.61 Å². The van der Waals surface area contributed by atoms with Crippen molar-refractivity contribution in [3.8, 4) is 17.2 Å². The van der Waals surface area contributed by atoms with Crippen LogP contribution >= 0.6 is 0 Å². The van der Waals surface area contributed by atoms with Crippen molar-refractivity contribution in [2.24, 2.45) is 0 Å². The fourth-order valence-electron chi connectivity index (χ4n) is 1.98. The minimum Gasteiger partial charge on any atom is -0.482 e. The van der Waals surface area contributed by atoms with Crippen molar-refractivity contribution in [2.75, 3.05) is 6.79 Å². The lowest BCUT2D eigenvalue weighted by atomic mass is 10.2. The number of rotatable bonds is 4. The number of benzene rings is 2. The second-order valence-electron chi connectivity index (χ2n) is 4.32. The van der Waals surface area contributed by atoms with Crippen molar-refractivity contribution in [3.63, 3.8) is 0 Å². The molecule has 1 aliphatic heterocycles. The minimum atomic E-state index is -0.928. The van der Waals surface area contributed by atoms with E-state index in [0.717, 1.165) is 11.6 Å². The molecular weight excluding hydrogens is 281 g/mol. The number of halogens is 1. The zero-order valence-corrected chi connectivity index (χ0v) is 10.7. The van der Waals surface area contributed by atoms with Gasteiger partial charge in [-0.25, -0.2) is 0 Å². The molecule has 21 heavy (non-hydrogen) atoms. The van der Waals surface area contributed by atoms with Crippen LogP contribution in [0.1, 0.15) is 5.56 Å². The van der Waals surface area contributed by atoms with Gasteiger partial charge in [0.25, 0.3) is 0 Å². The van der Waals surface area contributed by atoms with Gasteiger partial charge in [0, 0.05) is 0 Å². The maximum absolute atomic E-state index is 13.4. The quantitative estimate of drug-likeness (QED) is 0.639. The van der Waals surface area contributed by atoms with E-state index in [9.17, 15) is 14.5 Å². The highest BCUT2D eigenvalue weighted by molar-refractivity contribution is 5.48. The van der Waals surface area contributed by atoms with Gasteiger partial charge in [0.1, 0.15) is 6.61 Å². The lowest BCUT2D eigenvalue weighted by Crippen LogP contribution is -2.01. The summed E-state index contributed by atoms with van der Waals surface area (Å²) >= 11 is 0. The smallest absolute Gasteiger partial charge is 0.346 e. The van der Waals surface area contributed by atoms with Gasteiger partial charge in [-0.1, -0.05) is 12.1 Å². The van der Waals surface area contributed by atoms with Crippen molar-refractivity contribution in [3.05, 3.63) is 57.9 Å². The lowest BCUT2D eigenvalue weighted by Gasteiger charge is -2.07. The Morgan fingerprint density at radius 3 is 2.86 bits per heavy atom. The fourth-order valence-corrected chi connectivity index (χ4v) is 1.98. The van der Waals surface area contributed by atoms with E-state index < -0.39 is 16.4 Å². The van der Waals surface area contributed by atoms with Crippen LogP contribution in [0.25, 0.3) is 0 Å². The summed E-state index contributed by atoms with van der Waals surface area (Å²) in [6.45, 7) is 0.218. The van der Waals surface area contributed by atoms with Crippen LogP contribution in [0.3, 0.4) is 0 Å². The number of fused-ring (bicyclic) bond motifs is 1. The number of hydrogen-bond donors (Lipinski definition) is 0. The SMILES string of the molecule is O=[N+]([O-])c1c(F)cccc1OCc1ccc2c(c1)OCO2. The largest absolute Gasteiger partial charge is 0.482 e. The van der Waals surface area contributed by atoms with Crippen LogP contribution in [0, 0.1) is 15.9 Å². The summed E-state index contributed by atoms with van der Waals surface area (Å²) in [5.74, 6) is 0.182. The number of hydrogen-bond acceptors (Lipinski definition) is 5. The Morgan fingerprint density at radius 1 is 1.24 bits per heavy atom. The highest BCUT2D eigenvalue weighted by atomic mass is 19.1. The molecule has 0 amide bonds. The van der Waals surface area contributed by atoms with Crippen molar-refractivity contribution >= 4 is 5.69 Å². The van der Waals surface area contributed by atoms with Crippen LogP contribution < -0.4 is 14.2 Å². The van der Waals surface area contributed by atoms with E-state index in [0.29, 0.717) is 11.5 Å². The second kappa shape index (κ2) is 5.28. The topological polar surface area (TPSA) is 70.8 Å². The molecule has 0 bridgehead atoms. The lowest BCUT2D eigenvalue weighted by molar-refractivity contribution is -0.388. The second-order valence-corrected chi connectivity index (χ2v) is 4.32. The minimum absolute atomic E-state index is 0.0565. The van der Waals surface area contributed by atoms with Gasteiger partial charge in [-0.3, -0.25) is 10.1 Å². The van der Waals surface area contributed by atoms with E-state index in [4.69, 9.17) is 14.2 Å². The molecule has 0 radical (unpaired) electrons. The van der Waals surface area contributed by atoms with Crippen LogP contribution in [0.2, 0.25) is 0 Å². The van der Waals surface area contributed by atoms with Gasteiger partial charge in [0.15, 0.2) is 11.5 Å². The first-order chi connectivity index (χ1) is 10.1. The Bertz CT molecular complexity index is 704. The van der Waals surface area contributed by atoms with E-state index in [-0.39, 0.29) is 19.1 Å². The zero-order chi connectivity index (χ0) is 14.8. The molecule has 0 aromatic heterocycles. The van der Waals surface area contributed by atoms with Crippen LogP contribution in [-0.4, -0.2) is 11.7 Å². The molecular formula is C14H10FNO5. The van der Waals surface area contributed by atoms with Crippen molar-refractivity contribution in [1.82, 2.24) is 0 Å². The molecule has 1 heterocycles. The van der Waals surface area contributed by atoms with Gasteiger partial charge in [-0.05, 0) is 29.8 Å². The summed E-state index contributed by atoms with van der Waals surface area (Å²) in [7, 11) is 0. The summed E-state index contributed by atoms with van der Waals surface area (Å²) < 4.78 is 29.2. The highest BCUT2D eigenvalue weighted by Gasteiger charge is 2.21. The third-order valence-corrected chi connectivity index (χ3v) is 2.96. The molecule has 0 unspecified atom stereocenters. The average Bonchev–Trinajstić information content (AvgIpc) is 2.92. The average molecular weight is 291 g/mol. The molecule has 6 nitrogen and oxygen atoms in total. The van der Waals surface area contributed by atoms with E-state index >= 15 is 0 Å². The summed E-state index contributed by atoms with van der Waals surface area (Å²) in [5, 5.41) is 10.9. The molecule has 108 valence electrons. The van der Waals surface area contributed by atoms with E-state index in [1.807, 2.05) is 0 Å². The predicted octanol–water partition coefficient (Wildman–Crippen LogP) is 3.04. The van der Waals surface area contributed by atoms with E-state index in [1.54, 1.807) is 18.2 Å². The summed E-state index contributed by atoms with van der Waals surface area (Å²) in [5.41, 5.74) is 0.0658. The first-order valence-corrected chi connectivity index (χ1v) is 6.09. The monoisotopic (exact) mass is 291 g/mol. The molecule has 0 N–H and O–H groups in total. The first kappa shape index (κ1) is 13.2. The first-order valence-electron chi connectivity index (χ1n) is 6.09. The standard InChI is InChI=1S/C14H10FNO5/c15-10-2-1-3-12(14(10)16(17)18)19-7-9-4-5-11-13(6-9)21-8-20-11/h1-6H,7-8H2. The Hall–Kier alpha value is -2.83. The Kier molecular flexibility index (Phi) is 3.31. The Balaban J connectivity index is 1.79. The van der Waals surface area contributed by atoms with Crippen molar-refractivity contribution in [1.29, 1.82) is 0 Å². The summed E-state index contributed by atoms with van der Waals surface area (Å²) in [6, 6.07) is 8.92. The molecule has 2 aromatic carbocycles. The molecule has 1 aliphatic rings. The Morgan fingerprint density at radius 2 is 2.05 bits per heavy atom. The summed E-state index contributed by atoms with van der Waals surface area (Å²) in [6.07, 6.45) is 0. The van der Waals surface area contributed by atoms with Crippen LogP contribution in [0.15, 0.2) is 36.4 Å². The van der Waals surface area contributed by atoms with Gasteiger partial charge in [-0.2, -0.15) is 4.39 Å². The van der Waals surface area contributed by atoms with Gasteiger partial charge in [0.2, 0.25) is 18.4 Å². The van der Waals surface area contributed by atoms with E-state index in [2.05, 4.69) is 0 Å². The third kappa shape index (κ3) is 2.58. The number of para-hydroxylation sites is 1. The normalized spacial score (nSPS) is 12.2. The number of nitrogens with zero attached hydrogens (tertiary/aromatic N) is 1. The molecule has 0 atom stereocenters. The maximum Gasteiger partial charge on any atom is 0.346 e. The van der Waals surface area contributed by atoms with Gasteiger partial charge < -0.3 is 14.2 Å². The van der Waals surface area contributed by atoms with E-state index in [1.165, 1.54) is 12.1 Å². The summed E-state index contributed by atoms with van der Waals surface area (Å²) in [4.78, 5) is 10.1. The van der Waals surface area contributed by atoms with Crippen LogP contribution in [0.4, 0.5) is 10.1 Å². The highest BCUT2D eigenvalue weighted by Crippen LogP contribution is 2.34. The Labute approximate surface area is 118 Å². The molecule has 0 aliphatic carbocycles. The fraction of sp³-hybridized carbons (Fsp3) is 0.143. The van der Waals surface area contributed by atoms with Crippen molar-refractivity contribution < 1.29 is 23.5 Å². The molecule has 0 saturated carbocycles. The van der Waals surface area contributed by atoms with Gasteiger partial charge >= 0.3 is 5.69 Å². The van der Waals surface area contributed by atoms with Gasteiger partial charge in [-0.15, -0.1) is 0 Å². The molecule has 7 heteroatoms. The van der Waals surface area contributed by atoms with Gasteiger partial charge in [0.05, 0.1) is 4.92 Å². The zero-order valence-electron chi connectivity index (χ0n) is 10.7. The molecule has 0 spiro atoms. The van der Waals surface area contributed by atoms with Crippen LogP contribution in [0.5, 0.6) is 17.2 Å². The molecule has 3 rings (SSSR count). The molecule has 2 aromatic rings. The predicted molar refractivity (Wildman–Crippen MR) is 70.0 cm³/mol. The maximum atomic E-state index is 13.4. The number of nitro benzene ring substituents is 1. The molecule has 0 saturated heterocycles. The number of nitro groups is 1. The van der Waals surface area contributed by atoms with Crippen molar-refractivity contribution in [2.45, 2.75) is 6.61 Å². The number of ether oxygens (including phenoxy) is 3. The molecule has 0 fully saturated rings. The third-order valence-electron chi connectivity index (χ3n) is 2.96.